The molecule has 1 unspecified atom stereocenters. The molecule has 0 aromatic carbocycles. The van der Waals surface area contributed by atoms with E-state index in [1.54, 1.807) is 0 Å². The molecule has 84 valence electrons. The SMILES string of the molecule is C[C@H]1C[NH+]2CCC3=C(CCCC3)[C@]2(C)C1. The predicted molar refractivity (Wildman–Crippen MR) is 63.0 cm³/mol. The molecule has 1 fully saturated rings. The molecule has 0 spiro atoms. The van der Waals surface area contributed by atoms with Gasteiger partial charge in [-0.15, -0.1) is 0 Å². The zero-order valence-electron chi connectivity index (χ0n) is 10.2. The maximum atomic E-state index is 2.55. The highest BCUT2D eigenvalue weighted by Crippen LogP contribution is 2.39. The van der Waals surface area contributed by atoms with Crippen LogP contribution in [0.1, 0.15) is 52.4 Å². The number of fused-ring (bicyclic) bond motifs is 2. The van der Waals surface area contributed by atoms with Gasteiger partial charge in [-0.3, -0.25) is 0 Å². The summed E-state index contributed by atoms with van der Waals surface area (Å²) in [5.41, 5.74) is 4.30. The quantitative estimate of drug-likeness (QED) is 0.578. The normalized spacial score (nSPS) is 45.2. The molecule has 15 heavy (non-hydrogen) atoms. The Morgan fingerprint density at radius 3 is 2.87 bits per heavy atom. The number of nitrogens with one attached hydrogen (secondary N) is 1. The van der Waals surface area contributed by atoms with Gasteiger partial charge in [0.25, 0.3) is 0 Å². The Balaban J connectivity index is 1.99. The van der Waals surface area contributed by atoms with Crippen molar-refractivity contribution < 1.29 is 4.90 Å². The third-order valence-electron chi connectivity index (χ3n) is 5.11. The number of rotatable bonds is 0. The number of hydrogen-bond donors (Lipinski definition) is 1. The van der Waals surface area contributed by atoms with Crippen molar-refractivity contribution in [1.82, 2.24) is 0 Å². The molecule has 0 amide bonds. The molecule has 2 heterocycles. The summed E-state index contributed by atoms with van der Waals surface area (Å²) >= 11 is 0. The lowest BCUT2D eigenvalue weighted by Crippen LogP contribution is -3.18. The second-order valence-electron chi connectivity index (χ2n) is 6.24. The molecule has 0 aromatic rings. The van der Waals surface area contributed by atoms with E-state index in [0.29, 0.717) is 5.54 Å². The second kappa shape index (κ2) is 3.35. The smallest absolute Gasteiger partial charge is 0.117 e. The maximum Gasteiger partial charge on any atom is 0.117 e. The van der Waals surface area contributed by atoms with Gasteiger partial charge in [0.2, 0.25) is 0 Å². The van der Waals surface area contributed by atoms with E-state index in [2.05, 4.69) is 13.8 Å². The summed E-state index contributed by atoms with van der Waals surface area (Å²) in [4.78, 5) is 1.90. The van der Waals surface area contributed by atoms with Gasteiger partial charge in [-0.2, -0.15) is 0 Å². The number of hydrogen-bond acceptors (Lipinski definition) is 0. The first-order valence-electron chi connectivity index (χ1n) is 6.77. The van der Waals surface area contributed by atoms with E-state index < -0.39 is 0 Å². The average Bonchev–Trinajstić information content (AvgIpc) is 2.53. The summed E-state index contributed by atoms with van der Waals surface area (Å²) in [6.45, 7) is 7.83. The van der Waals surface area contributed by atoms with Crippen LogP contribution >= 0.6 is 0 Å². The van der Waals surface area contributed by atoms with Crippen molar-refractivity contribution >= 4 is 0 Å². The lowest BCUT2D eigenvalue weighted by atomic mass is 9.74. The Bertz CT molecular complexity index is 304. The molecule has 2 aliphatic heterocycles. The highest BCUT2D eigenvalue weighted by atomic mass is 15.2. The molecular weight excluding hydrogens is 182 g/mol. The molecule has 1 N–H and O–H groups in total. The van der Waals surface area contributed by atoms with E-state index in [0.717, 1.165) is 5.92 Å². The van der Waals surface area contributed by atoms with Crippen LogP contribution in [0, 0.1) is 5.92 Å². The van der Waals surface area contributed by atoms with Gasteiger partial charge in [-0.25, -0.2) is 0 Å². The molecule has 1 nitrogen and oxygen atoms in total. The molecule has 3 aliphatic rings. The van der Waals surface area contributed by atoms with Crippen molar-refractivity contribution in [1.29, 1.82) is 0 Å². The monoisotopic (exact) mass is 206 g/mol. The van der Waals surface area contributed by atoms with E-state index in [-0.39, 0.29) is 0 Å². The average molecular weight is 206 g/mol. The fraction of sp³-hybridized carbons (Fsp3) is 0.857. The van der Waals surface area contributed by atoms with Crippen LogP contribution in [0.25, 0.3) is 0 Å². The zero-order valence-corrected chi connectivity index (χ0v) is 10.2. The topological polar surface area (TPSA) is 4.44 Å². The first-order chi connectivity index (χ1) is 7.20. The Labute approximate surface area is 93.5 Å². The van der Waals surface area contributed by atoms with E-state index in [1.807, 2.05) is 16.0 Å². The molecule has 0 aromatic heterocycles. The molecule has 1 saturated heterocycles. The molecule has 0 bridgehead atoms. The van der Waals surface area contributed by atoms with E-state index in [4.69, 9.17) is 0 Å². The fourth-order valence-corrected chi connectivity index (χ4v) is 4.49. The van der Waals surface area contributed by atoms with E-state index in [9.17, 15) is 0 Å². The highest BCUT2D eigenvalue weighted by Gasteiger charge is 2.49. The van der Waals surface area contributed by atoms with Gasteiger partial charge >= 0.3 is 0 Å². The highest BCUT2D eigenvalue weighted by molar-refractivity contribution is 5.28. The molecular formula is C14H24N+. The van der Waals surface area contributed by atoms with Crippen molar-refractivity contribution in [3.63, 3.8) is 0 Å². The van der Waals surface area contributed by atoms with Crippen molar-refractivity contribution in [3.05, 3.63) is 11.1 Å². The summed E-state index contributed by atoms with van der Waals surface area (Å²) in [6.07, 6.45) is 8.61. The van der Waals surface area contributed by atoms with Crippen molar-refractivity contribution in [2.45, 2.75) is 57.9 Å². The van der Waals surface area contributed by atoms with Crippen molar-refractivity contribution in [3.8, 4) is 0 Å². The summed E-state index contributed by atoms with van der Waals surface area (Å²) in [5.74, 6) is 0.943. The number of quaternary nitrogens is 1. The fourth-order valence-electron chi connectivity index (χ4n) is 4.49. The van der Waals surface area contributed by atoms with Crippen molar-refractivity contribution in [2.24, 2.45) is 5.92 Å². The minimum atomic E-state index is 0.549. The zero-order chi connectivity index (χ0) is 10.5. The Morgan fingerprint density at radius 1 is 1.20 bits per heavy atom. The van der Waals surface area contributed by atoms with Crippen LogP contribution in [0.3, 0.4) is 0 Å². The van der Waals surface area contributed by atoms with Gasteiger partial charge in [0.1, 0.15) is 5.54 Å². The summed E-state index contributed by atoms with van der Waals surface area (Å²) < 4.78 is 0. The molecule has 3 atom stereocenters. The van der Waals surface area contributed by atoms with Crippen LogP contribution in [0.15, 0.2) is 11.1 Å². The molecule has 0 radical (unpaired) electrons. The van der Waals surface area contributed by atoms with Gasteiger partial charge in [0, 0.05) is 18.8 Å². The lowest BCUT2D eigenvalue weighted by molar-refractivity contribution is -0.934. The molecule has 1 aliphatic carbocycles. The molecule has 1 heteroatoms. The lowest BCUT2D eigenvalue weighted by Gasteiger charge is -2.41. The summed E-state index contributed by atoms with van der Waals surface area (Å²) in [5, 5.41) is 0. The van der Waals surface area contributed by atoms with Crippen molar-refractivity contribution in [2.75, 3.05) is 13.1 Å². The Morgan fingerprint density at radius 2 is 2.00 bits per heavy atom. The first kappa shape index (κ1) is 9.89. The minimum absolute atomic E-state index is 0.549. The van der Waals surface area contributed by atoms with E-state index in [1.165, 1.54) is 51.6 Å². The van der Waals surface area contributed by atoms with Gasteiger partial charge in [-0.05, 0) is 38.2 Å². The van der Waals surface area contributed by atoms with E-state index >= 15 is 0 Å². The Hall–Kier alpha value is -0.300. The van der Waals surface area contributed by atoms with Crippen LogP contribution < -0.4 is 4.90 Å². The van der Waals surface area contributed by atoms with Gasteiger partial charge < -0.3 is 4.90 Å². The standard InChI is InChI=1S/C14H23N/c1-11-9-14(2)13-6-4-3-5-12(13)7-8-15(14)10-11/h11H,3-10H2,1-2H3/p+1/t11-,14+/m1/s1. The predicted octanol–water partition coefficient (Wildman–Crippen LogP) is 1.94. The van der Waals surface area contributed by atoms with Crippen LogP contribution in [0.2, 0.25) is 0 Å². The molecule has 0 saturated carbocycles. The van der Waals surface area contributed by atoms with Gasteiger partial charge in [-0.1, -0.05) is 12.5 Å². The summed E-state index contributed by atoms with van der Waals surface area (Å²) in [6, 6.07) is 0. The maximum absolute atomic E-state index is 2.55. The summed E-state index contributed by atoms with van der Waals surface area (Å²) in [7, 11) is 0. The first-order valence-corrected chi connectivity index (χ1v) is 6.77. The molecule has 3 rings (SSSR count). The van der Waals surface area contributed by atoms with Gasteiger partial charge in [0.15, 0.2) is 0 Å². The van der Waals surface area contributed by atoms with Crippen LogP contribution in [-0.4, -0.2) is 18.6 Å². The van der Waals surface area contributed by atoms with Gasteiger partial charge in [0.05, 0.1) is 13.1 Å². The van der Waals surface area contributed by atoms with Crippen LogP contribution in [0.4, 0.5) is 0 Å². The van der Waals surface area contributed by atoms with Crippen LogP contribution in [-0.2, 0) is 0 Å². The third kappa shape index (κ3) is 1.39. The third-order valence-corrected chi connectivity index (χ3v) is 5.11. The largest absolute Gasteiger partial charge is 0.326 e. The Kier molecular flexibility index (Phi) is 2.21. The minimum Gasteiger partial charge on any atom is -0.326 e. The second-order valence-corrected chi connectivity index (χ2v) is 6.24. The van der Waals surface area contributed by atoms with Crippen LogP contribution in [0.5, 0.6) is 0 Å².